The Kier molecular flexibility index (Phi) is 2.52. The second-order valence-electron chi connectivity index (χ2n) is 3.30. The van der Waals surface area contributed by atoms with E-state index in [1.165, 1.54) is 11.1 Å². The summed E-state index contributed by atoms with van der Waals surface area (Å²) in [5.74, 6) is -1.38. The van der Waals surface area contributed by atoms with Crippen molar-refractivity contribution in [1.29, 1.82) is 5.26 Å². The molecule has 2 heterocycles. The van der Waals surface area contributed by atoms with Crippen molar-refractivity contribution in [2.24, 2.45) is 5.92 Å². The van der Waals surface area contributed by atoms with Gasteiger partial charge < -0.3 is 0 Å². The number of amides is 3. The molecule has 1 aliphatic heterocycles. The fraction of sp³-hybridized carbons (Fsp3) is 0.200. The van der Waals surface area contributed by atoms with Crippen molar-refractivity contribution in [3.8, 4) is 6.07 Å². The van der Waals surface area contributed by atoms with Gasteiger partial charge >= 0.3 is 6.03 Å². The Morgan fingerprint density at radius 3 is 3.00 bits per heavy atom. The maximum absolute atomic E-state index is 11.5. The topological polar surface area (TPSA) is 86.1 Å². The predicted molar refractivity (Wildman–Crippen MR) is 54.2 cm³/mol. The number of hydrogen-bond acceptors (Lipinski definition) is 4. The number of carbonyl (C=O) groups is 2. The summed E-state index contributed by atoms with van der Waals surface area (Å²) in [6.07, 6.45) is 3.09. The van der Waals surface area contributed by atoms with Crippen LogP contribution in [-0.4, -0.2) is 23.5 Å². The second kappa shape index (κ2) is 3.98. The average molecular weight is 216 g/mol. The van der Waals surface area contributed by atoms with E-state index in [-0.39, 0.29) is 6.54 Å². The number of imide groups is 1. The molecule has 16 heavy (non-hydrogen) atoms. The summed E-state index contributed by atoms with van der Waals surface area (Å²) in [5.41, 5.74) is 0.563. The second-order valence-corrected chi connectivity index (χ2v) is 3.30. The molecule has 1 aromatic rings. The molecule has 1 aliphatic rings. The van der Waals surface area contributed by atoms with Gasteiger partial charge in [0.05, 0.1) is 24.5 Å². The van der Waals surface area contributed by atoms with Crippen LogP contribution in [0.25, 0.3) is 0 Å². The number of aromatic nitrogens is 1. The first-order valence-corrected chi connectivity index (χ1v) is 4.64. The molecule has 2 rings (SSSR count). The van der Waals surface area contributed by atoms with Crippen LogP contribution in [0.15, 0.2) is 24.5 Å². The molecule has 6 heteroatoms. The van der Waals surface area contributed by atoms with Crippen LogP contribution in [0.4, 0.5) is 10.5 Å². The third-order valence-corrected chi connectivity index (χ3v) is 2.27. The van der Waals surface area contributed by atoms with E-state index < -0.39 is 17.9 Å². The number of nitriles is 1. The largest absolute Gasteiger partial charge is 0.328 e. The first-order valence-electron chi connectivity index (χ1n) is 4.64. The van der Waals surface area contributed by atoms with Crippen molar-refractivity contribution in [2.75, 3.05) is 11.4 Å². The van der Waals surface area contributed by atoms with Crippen molar-refractivity contribution in [3.63, 3.8) is 0 Å². The van der Waals surface area contributed by atoms with Gasteiger partial charge in [-0.15, -0.1) is 0 Å². The predicted octanol–water partition coefficient (Wildman–Crippen LogP) is 0.278. The highest BCUT2D eigenvalue weighted by Gasteiger charge is 2.32. The molecule has 80 valence electrons. The zero-order valence-corrected chi connectivity index (χ0v) is 8.25. The van der Waals surface area contributed by atoms with Crippen LogP contribution < -0.4 is 10.2 Å². The lowest BCUT2D eigenvalue weighted by molar-refractivity contribution is -0.122. The zero-order chi connectivity index (χ0) is 11.5. The van der Waals surface area contributed by atoms with E-state index in [4.69, 9.17) is 5.26 Å². The highest BCUT2D eigenvalue weighted by Crippen LogP contribution is 2.17. The van der Waals surface area contributed by atoms with Crippen LogP contribution in [0.1, 0.15) is 0 Å². The van der Waals surface area contributed by atoms with Crippen LogP contribution in [0, 0.1) is 17.2 Å². The normalized spacial score (nSPS) is 20.2. The molecule has 0 aliphatic carbocycles. The summed E-state index contributed by atoms with van der Waals surface area (Å²) in [4.78, 5) is 27.9. The van der Waals surface area contributed by atoms with Crippen molar-refractivity contribution in [2.45, 2.75) is 0 Å². The maximum atomic E-state index is 11.5. The third kappa shape index (κ3) is 1.70. The van der Waals surface area contributed by atoms with Crippen LogP contribution in [0.5, 0.6) is 0 Å². The molecule has 6 nitrogen and oxygen atoms in total. The molecule has 0 saturated carbocycles. The summed E-state index contributed by atoms with van der Waals surface area (Å²) >= 11 is 0. The number of hydrogen-bond donors (Lipinski definition) is 1. The van der Waals surface area contributed by atoms with Gasteiger partial charge in [0.15, 0.2) is 0 Å². The van der Waals surface area contributed by atoms with Crippen LogP contribution in [-0.2, 0) is 4.79 Å². The lowest BCUT2D eigenvalue weighted by atomic mass is 10.1. The lowest BCUT2D eigenvalue weighted by Gasteiger charge is -2.28. The number of carbonyl (C=O) groups excluding carboxylic acids is 2. The Balaban J connectivity index is 2.26. The monoisotopic (exact) mass is 216 g/mol. The van der Waals surface area contributed by atoms with Gasteiger partial charge in [0.1, 0.15) is 5.92 Å². The van der Waals surface area contributed by atoms with Gasteiger partial charge in [-0.2, -0.15) is 5.26 Å². The lowest BCUT2D eigenvalue weighted by Crippen LogP contribution is -2.54. The summed E-state index contributed by atoms with van der Waals surface area (Å²) in [5, 5.41) is 10.9. The molecule has 0 spiro atoms. The standard InChI is InChI=1S/C10H8N4O2/c11-4-7-6-14(10(16)13-9(7)15)8-2-1-3-12-5-8/h1-3,5,7H,6H2,(H,13,15,16). The quantitative estimate of drug-likeness (QED) is 0.730. The molecule has 0 bridgehead atoms. The summed E-state index contributed by atoms with van der Waals surface area (Å²) in [6.45, 7) is 0.0624. The summed E-state index contributed by atoms with van der Waals surface area (Å²) in [7, 11) is 0. The highest BCUT2D eigenvalue weighted by atomic mass is 16.2. The molecule has 0 aromatic carbocycles. The Bertz CT molecular complexity index is 465. The summed E-state index contributed by atoms with van der Waals surface area (Å²) < 4.78 is 0. The van der Waals surface area contributed by atoms with Crippen LogP contribution in [0.3, 0.4) is 0 Å². The van der Waals surface area contributed by atoms with Gasteiger partial charge in [0, 0.05) is 6.20 Å². The minimum absolute atomic E-state index is 0.0624. The van der Waals surface area contributed by atoms with Gasteiger partial charge in [-0.1, -0.05) is 0 Å². The van der Waals surface area contributed by atoms with Crippen molar-refractivity contribution >= 4 is 17.6 Å². The van der Waals surface area contributed by atoms with Gasteiger partial charge in [0.2, 0.25) is 5.91 Å². The van der Waals surface area contributed by atoms with E-state index >= 15 is 0 Å². The zero-order valence-electron chi connectivity index (χ0n) is 8.25. The molecule has 1 atom stereocenters. The fourth-order valence-electron chi connectivity index (χ4n) is 1.44. The smallest absolute Gasteiger partial charge is 0.291 e. The van der Waals surface area contributed by atoms with Gasteiger partial charge in [-0.3, -0.25) is 20.0 Å². The average Bonchev–Trinajstić information content (AvgIpc) is 2.30. The van der Waals surface area contributed by atoms with E-state index in [0.29, 0.717) is 5.69 Å². The van der Waals surface area contributed by atoms with E-state index in [0.717, 1.165) is 0 Å². The number of urea groups is 1. The molecule has 1 unspecified atom stereocenters. The Hall–Kier alpha value is -2.42. The minimum atomic E-state index is -0.835. The number of anilines is 1. The first-order chi connectivity index (χ1) is 7.72. The number of nitrogens with zero attached hydrogens (tertiary/aromatic N) is 3. The highest BCUT2D eigenvalue weighted by molar-refractivity contribution is 6.07. The first kappa shape index (κ1) is 10.1. The van der Waals surface area contributed by atoms with Crippen LogP contribution >= 0.6 is 0 Å². The molecule has 0 radical (unpaired) electrons. The van der Waals surface area contributed by atoms with E-state index in [9.17, 15) is 9.59 Å². The number of pyridine rings is 1. The molecule has 1 fully saturated rings. The molecule has 1 N–H and O–H groups in total. The number of nitrogens with one attached hydrogen (secondary N) is 1. The maximum Gasteiger partial charge on any atom is 0.328 e. The van der Waals surface area contributed by atoms with E-state index in [2.05, 4.69) is 10.3 Å². The van der Waals surface area contributed by atoms with Gasteiger partial charge in [-0.25, -0.2) is 4.79 Å². The Morgan fingerprint density at radius 1 is 1.56 bits per heavy atom. The third-order valence-electron chi connectivity index (χ3n) is 2.27. The van der Waals surface area contributed by atoms with E-state index in [1.807, 2.05) is 6.07 Å². The van der Waals surface area contributed by atoms with E-state index in [1.54, 1.807) is 18.3 Å². The molecule has 3 amide bonds. The molecular weight excluding hydrogens is 208 g/mol. The van der Waals surface area contributed by atoms with Gasteiger partial charge in [0.25, 0.3) is 0 Å². The Morgan fingerprint density at radius 2 is 2.38 bits per heavy atom. The summed E-state index contributed by atoms with van der Waals surface area (Å²) in [6, 6.07) is 4.70. The van der Waals surface area contributed by atoms with Crippen molar-refractivity contribution in [3.05, 3.63) is 24.5 Å². The molecule has 1 saturated heterocycles. The molecular formula is C10H8N4O2. The minimum Gasteiger partial charge on any atom is -0.291 e. The Labute approximate surface area is 91.5 Å². The molecule has 1 aromatic heterocycles. The van der Waals surface area contributed by atoms with Crippen molar-refractivity contribution in [1.82, 2.24) is 10.3 Å². The van der Waals surface area contributed by atoms with Crippen LogP contribution in [0.2, 0.25) is 0 Å². The fourth-order valence-corrected chi connectivity index (χ4v) is 1.44. The number of rotatable bonds is 1. The van der Waals surface area contributed by atoms with Gasteiger partial charge in [-0.05, 0) is 12.1 Å². The van der Waals surface area contributed by atoms with Crippen molar-refractivity contribution < 1.29 is 9.59 Å². The SMILES string of the molecule is N#CC1CN(c2cccnc2)C(=O)NC1=O.